The summed E-state index contributed by atoms with van der Waals surface area (Å²) in [7, 11) is 0. The molecular formula is C19H20O5. The Bertz CT molecular complexity index is 674. The molecule has 126 valence electrons. The van der Waals surface area contributed by atoms with Gasteiger partial charge in [-0.3, -0.25) is 4.79 Å². The van der Waals surface area contributed by atoms with E-state index in [9.17, 15) is 9.59 Å². The Hall–Kier alpha value is -2.82. The fourth-order valence-electron chi connectivity index (χ4n) is 1.93. The number of rotatable bonds is 7. The van der Waals surface area contributed by atoms with Crippen LogP contribution in [0.3, 0.4) is 0 Å². The second-order valence-electron chi connectivity index (χ2n) is 5.18. The minimum absolute atomic E-state index is 0.374. The van der Waals surface area contributed by atoms with Crippen LogP contribution in [-0.2, 0) is 4.79 Å². The van der Waals surface area contributed by atoms with Crippen LogP contribution in [0.5, 0.6) is 17.2 Å². The molecule has 0 spiro atoms. The molecular weight excluding hydrogens is 308 g/mol. The fourth-order valence-corrected chi connectivity index (χ4v) is 1.93. The van der Waals surface area contributed by atoms with Gasteiger partial charge in [0.25, 0.3) is 0 Å². The Kier molecular flexibility index (Phi) is 6.37. The zero-order chi connectivity index (χ0) is 17.4. The van der Waals surface area contributed by atoms with Crippen LogP contribution in [0, 0.1) is 0 Å². The molecule has 0 radical (unpaired) electrons. The van der Waals surface area contributed by atoms with Crippen LogP contribution in [0.4, 0.5) is 0 Å². The standard InChI is InChI=1S/C19H20O5/c1-3-4-13-22-16-7-5-15(6-8-16)19(21)24-18-11-9-17(10-12-18)23-14(2)20/h5-12H,3-4,13H2,1-2H3. The lowest BCUT2D eigenvalue weighted by molar-refractivity contribution is -0.131. The number of carbonyl (C=O) groups is 2. The van der Waals surface area contributed by atoms with Crippen LogP contribution in [-0.4, -0.2) is 18.5 Å². The van der Waals surface area contributed by atoms with Crippen LogP contribution < -0.4 is 14.2 Å². The van der Waals surface area contributed by atoms with Crippen LogP contribution in [0.1, 0.15) is 37.0 Å². The number of hydrogen-bond donors (Lipinski definition) is 0. The lowest BCUT2D eigenvalue weighted by atomic mass is 10.2. The predicted octanol–water partition coefficient (Wildman–Crippen LogP) is 4.01. The Labute approximate surface area is 141 Å². The Balaban J connectivity index is 1.93. The number of hydrogen-bond acceptors (Lipinski definition) is 5. The zero-order valence-corrected chi connectivity index (χ0v) is 13.8. The van der Waals surface area contributed by atoms with Crippen molar-refractivity contribution in [2.24, 2.45) is 0 Å². The number of benzene rings is 2. The summed E-state index contributed by atoms with van der Waals surface area (Å²) in [6.45, 7) is 4.08. The van der Waals surface area contributed by atoms with Crippen molar-refractivity contribution in [3.63, 3.8) is 0 Å². The third-order valence-electron chi connectivity index (χ3n) is 3.15. The van der Waals surface area contributed by atoms with E-state index in [4.69, 9.17) is 14.2 Å². The topological polar surface area (TPSA) is 61.8 Å². The highest BCUT2D eigenvalue weighted by molar-refractivity contribution is 5.91. The smallest absolute Gasteiger partial charge is 0.343 e. The summed E-state index contributed by atoms with van der Waals surface area (Å²) in [5.74, 6) is 0.636. The molecule has 2 rings (SSSR count). The van der Waals surface area contributed by atoms with E-state index in [1.165, 1.54) is 6.92 Å². The maximum Gasteiger partial charge on any atom is 0.343 e. The van der Waals surface area contributed by atoms with Crippen molar-refractivity contribution >= 4 is 11.9 Å². The maximum atomic E-state index is 12.1. The summed E-state index contributed by atoms with van der Waals surface area (Å²) in [5.41, 5.74) is 0.432. The number of ether oxygens (including phenoxy) is 3. The van der Waals surface area contributed by atoms with Gasteiger partial charge in [0, 0.05) is 6.92 Å². The van der Waals surface area contributed by atoms with Crippen molar-refractivity contribution in [3.05, 3.63) is 54.1 Å². The largest absolute Gasteiger partial charge is 0.494 e. The molecule has 0 saturated carbocycles. The fraction of sp³-hybridized carbons (Fsp3) is 0.263. The number of unbranched alkanes of at least 4 members (excludes halogenated alkanes) is 1. The summed E-state index contributed by atoms with van der Waals surface area (Å²) in [6.07, 6.45) is 2.06. The Morgan fingerprint density at radius 3 is 1.92 bits per heavy atom. The molecule has 5 nitrogen and oxygen atoms in total. The lowest BCUT2D eigenvalue weighted by Crippen LogP contribution is -2.08. The van der Waals surface area contributed by atoms with E-state index < -0.39 is 11.9 Å². The van der Waals surface area contributed by atoms with Gasteiger partial charge >= 0.3 is 11.9 Å². The maximum absolute atomic E-state index is 12.1. The highest BCUT2D eigenvalue weighted by atomic mass is 16.5. The van der Waals surface area contributed by atoms with Gasteiger partial charge in [-0.25, -0.2) is 4.79 Å². The van der Waals surface area contributed by atoms with E-state index in [2.05, 4.69) is 6.92 Å². The molecule has 0 aliphatic rings. The molecule has 5 heteroatoms. The summed E-state index contributed by atoms with van der Waals surface area (Å²) in [6, 6.07) is 13.1. The Morgan fingerprint density at radius 2 is 1.38 bits per heavy atom. The van der Waals surface area contributed by atoms with Gasteiger partial charge < -0.3 is 14.2 Å². The summed E-state index contributed by atoms with van der Waals surface area (Å²) in [4.78, 5) is 23.0. The summed E-state index contributed by atoms with van der Waals surface area (Å²) in [5, 5.41) is 0. The summed E-state index contributed by atoms with van der Waals surface area (Å²) < 4.78 is 15.7. The van der Waals surface area contributed by atoms with Gasteiger partial charge in [-0.2, -0.15) is 0 Å². The van der Waals surface area contributed by atoms with E-state index in [1.54, 1.807) is 48.5 Å². The van der Waals surface area contributed by atoms with Crippen LogP contribution in [0.25, 0.3) is 0 Å². The SMILES string of the molecule is CCCCOc1ccc(C(=O)Oc2ccc(OC(C)=O)cc2)cc1. The van der Waals surface area contributed by atoms with Gasteiger partial charge in [0.05, 0.1) is 12.2 Å². The molecule has 0 aliphatic carbocycles. The average molecular weight is 328 g/mol. The van der Waals surface area contributed by atoms with E-state index in [-0.39, 0.29) is 0 Å². The molecule has 0 heterocycles. The molecule has 0 bridgehead atoms. The first kappa shape index (κ1) is 17.5. The first-order valence-corrected chi connectivity index (χ1v) is 7.82. The number of esters is 2. The van der Waals surface area contributed by atoms with E-state index in [0.717, 1.165) is 18.6 Å². The van der Waals surface area contributed by atoms with Gasteiger partial charge in [-0.05, 0) is 55.0 Å². The second-order valence-corrected chi connectivity index (χ2v) is 5.18. The minimum Gasteiger partial charge on any atom is -0.494 e. The zero-order valence-electron chi connectivity index (χ0n) is 13.8. The molecule has 0 aliphatic heterocycles. The van der Waals surface area contributed by atoms with Gasteiger partial charge in [-0.15, -0.1) is 0 Å². The van der Waals surface area contributed by atoms with Gasteiger partial charge in [0.15, 0.2) is 0 Å². The van der Waals surface area contributed by atoms with Crippen molar-refractivity contribution in [1.82, 2.24) is 0 Å². The average Bonchev–Trinajstić information content (AvgIpc) is 2.57. The quantitative estimate of drug-likeness (QED) is 0.436. The Morgan fingerprint density at radius 1 is 0.833 bits per heavy atom. The normalized spacial score (nSPS) is 10.1. The molecule has 0 amide bonds. The molecule has 0 fully saturated rings. The molecule has 0 saturated heterocycles. The third kappa shape index (κ3) is 5.43. The monoisotopic (exact) mass is 328 g/mol. The summed E-state index contributed by atoms with van der Waals surface area (Å²) >= 11 is 0. The molecule has 2 aromatic rings. The molecule has 0 aromatic heterocycles. The first-order chi connectivity index (χ1) is 11.6. The molecule has 0 atom stereocenters. The van der Waals surface area contributed by atoms with Crippen molar-refractivity contribution in [3.8, 4) is 17.2 Å². The van der Waals surface area contributed by atoms with E-state index in [1.807, 2.05) is 0 Å². The lowest BCUT2D eigenvalue weighted by Gasteiger charge is -2.07. The predicted molar refractivity (Wildman–Crippen MR) is 89.6 cm³/mol. The van der Waals surface area contributed by atoms with Gasteiger partial charge in [0.2, 0.25) is 0 Å². The highest BCUT2D eigenvalue weighted by Crippen LogP contribution is 2.20. The second kappa shape index (κ2) is 8.72. The van der Waals surface area contributed by atoms with Crippen molar-refractivity contribution < 1.29 is 23.8 Å². The van der Waals surface area contributed by atoms with Crippen molar-refractivity contribution in [2.75, 3.05) is 6.61 Å². The third-order valence-corrected chi connectivity index (χ3v) is 3.15. The van der Waals surface area contributed by atoms with Crippen LogP contribution in [0.2, 0.25) is 0 Å². The van der Waals surface area contributed by atoms with Crippen LogP contribution in [0.15, 0.2) is 48.5 Å². The highest BCUT2D eigenvalue weighted by Gasteiger charge is 2.09. The molecule has 0 unspecified atom stereocenters. The first-order valence-electron chi connectivity index (χ1n) is 7.82. The van der Waals surface area contributed by atoms with E-state index >= 15 is 0 Å². The van der Waals surface area contributed by atoms with E-state index in [0.29, 0.717) is 23.7 Å². The van der Waals surface area contributed by atoms with Crippen molar-refractivity contribution in [1.29, 1.82) is 0 Å². The van der Waals surface area contributed by atoms with Crippen molar-refractivity contribution in [2.45, 2.75) is 26.7 Å². The molecule has 0 N–H and O–H groups in total. The minimum atomic E-state index is -0.463. The number of carbonyl (C=O) groups excluding carboxylic acids is 2. The molecule has 24 heavy (non-hydrogen) atoms. The molecule has 2 aromatic carbocycles. The van der Waals surface area contributed by atoms with Crippen LogP contribution >= 0.6 is 0 Å². The van der Waals surface area contributed by atoms with Gasteiger partial charge in [0.1, 0.15) is 17.2 Å². The van der Waals surface area contributed by atoms with Gasteiger partial charge in [-0.1, -0.05) is 13.3 Å².